The standard InChI is InChI=1S/C26H34FN5O6/c1-14(29-24(37)38-25(2,3)4)22(34)28-12-26(5)8-9-31(13-26)21-18(27)10-16-19(33)17(23(35)36)11-32(15-6-7-15)20(16)30-21/h10-11,14-15H,6-9,12-13H2,1-5H3,(H,28,34)(H,29,37)(H,35,36). The normalized spacial score (nSPS) is 20.3. The van der Waals surface area contributed by atoms with Crippen molar-refractivity contribution in [3.63, 3.8) is 0 Å². The van der Waals surface area contributed by atoms with Gasteiger partial charge in [0.25, 0.3) is 0 Å². The highest BCUT2D eigenvalue weighted by Gasteiger charge is 2.37. The van der Waals surface area contributed by atoms with Crippen LogP contribution in [0.4, 0.5) is 15.0 Å². The number of aromatic nitrogens is 2. The Kier molecular flexibility index (Phi) is 7.11. The Labute approximate surface area is 219 Å². The predicted octanol–water partition coefficient (Wildman–Crippen LogP) is 2.81. The molecule has 0 aromatic carbocycles. The lowest BCUT2D eigenvalue weighted by Gasteiger charge is -2.27. The van der Waals surface area contributed by atoms with Crippen LogP contribution in [-0.4, -0.2) is 63.9 Å². The minimum Gasteiger partial charge on any atom is -0.477 e. The summed E-state index contributed by atoms with van der Waals surface area (Å²) >= 11 is 0. The number of hydrogen-bond donors (Lipinski definition) is 3. The molecule has 3 N–H and O–H groups in total. The van der Waals surface area contributed by atoms with Gasteiger partial charge in [-0.15, -0.1) is 0 Å². The van der Waals surface area contributed by atoms with E-state index in [1.165, 1.54) is 6.20 Å². The lowest BCUT2D eigenvalue weighted by atomic mass is 9.90. The molecule has 12 heteroatoms. The van der Waals surface area contributed by atoms with Gasteiger partial charge in [-0.2, -0.15) is 0 Å². The van der Waals surface area contributed by atoms with Crippen molar-refractivity contribution in [2.75, 3.05) is 24.5 Å². The van der Waals surface area contributed by atoms with Crippen molar-refractivity contribution in [3.05, 3.63) is 33.9 Å². The van der Waals surface area contributed by atoms with Crippen LogP contribution >= 0.6 is 0 Å². The van der Waals surface area contributed by atoms with Crippen molar-refractivity contribution in [1.82, 2.24) is 20.2 Å². The first-order valence-corrected chi connectivity index (χ1v) is 12.7. The molecule has 2 fully saturated rings. The molecule has 1 saturated carbocycles. The molecule has 38 heavy (non-hydrogen) atoms. The molecule has 11 nitrogen and oxygen atoms in total. The number of halogens is 1. The molecule has 1 aliphatic carbocycles. The summed E-state index contributed by atoms with van der Waals surface area (Å²) in [6.07, 6.45) is 2.92. The highest BCUT2D eigenvalue weighted by molar-refractivity contribution is 5.92. The number of amides is 2. The number of ether oxygens (including phenoxy) is 1. The van der Waals surface area contributed by atoms with Gasteiger partial charge in [0.05, 0.1) is 5.39 Å². The van der Waals surface area contributed by atoms with E-state index in [1.54, 1.807) is 37.2 Å². The van der Waals surface area contributed by atoms with Gasteiger partial charge < -0.3 is 29.9 Å². The molecule has 2 unspecified atom stereocenters. The van der Waals surface area contributed by atoms with E-state index in [9.17, 15) is 24.3 Å². The largest absolute Gasteiger partial charge is 0.477 e. The van der Waals surface area contributed by atoms with E-state index in [0.717, 1.165) is 18.9 Å². The van der Waals surface area contributed by atoms with Crippen LogP contribution in [0, 0.1) is 11.2 Å². The summed E-state index contributed by atoms with van der Waals surface area (Å²) < 4.78 is 22.1. The lowest BCUT2D eigenvalue weighted by Crippen LogP contribution is -2.48. The number of pyridine rings is 2. The Bertz CT molecular complexity index is 1350. The SMILES string of the molecule is CC(NC(=O)OC(C)(C)C)C(=O)NCC1(C)CCN(c2nc3c(cc2F)c(=O)c(C(=O)O)cn3C2CC2)C1. The molecule has 206 valence electrons. The Morgan fingerprint density at radius 1 is 1.32 bits per heavy atom. The zero-order valence-corrected chi connectivity index (χ0v) is 22.3. The fraction of sp³-hybridized carbons (Fsp3) is 0.577. The number of carbonyl (C=O) groups excluding carboxylic acids is 2. The van der Waals surface area contributed by atoms with E-state index in [4.69, 9.17) is 4.74 Å². The van der Waals surface area contributed by atoms with Gasteiger partial charge in [-0.05, 0) is 53.0 Å². The quantitative estimate of drug-likeness (QED) is 0.495. The molecule has 2 amide bonds. The number of carbonyl (C=O) groups is 3. The summed E-state index contributed by atoms with van der Waals surface area (Å²) in [5, 5.41) is 14.7. The monoisotopic (exact) mass is 531 g/mol. The molecule has 4 rings (SSSR count). The Morgan fingerprint density at radius 3 is 2.61 bits per heavy atom. The van der Waals surface area contributed by atoms with Gasteiger partial charge in [-0.1, -0.05) is 6.92 Å². The van der Waals surface area contributed by atoms with Crippen LogP contribution in [0.3, 0.4) is 0 Å². The first-order valence-electron chi connectivity index (χ1n) is 12.7. The van der Waals surface area contributed by atoms with E-state index in [0.29, 0.717) is 26.1 Å². The van der Waals surface area contributed by atoms with Crippen molar-refractivity contribution < 1.29 is 28.6 Å². The summed E-state index contributed by atoms with van der Waals surface area (Å²) in [6, 6.07) is 0.296. The van der Waals surface area contributed by atoms with Gasteiger partial charge in [0, 0.05) is 37.3 Å². The maximum atomic E-state index is 15.2. The van der Waals surface area contributed by atoms with Crippen molar-refractivity contribution >= 4 is 34.8 Å². The Hall–Kier alpha value is -3.70. The average Bonchev–Trinajstić information content (AvgIpc) is 3.57. The number of anilines is 1. The van der Waals surface area contributed by atoms with E-state index >= 15 is 4.39 Å². The summed E-state index contributed by atoms with van der Waals surface area (Å²) in [6.45, 7) is 9.91. The van der Waals surface area contributed by atoms with Crippen LogP contribution in [0.1, 0.15) is 70.3 Å². The molecular formula is C26H34FN5O6. The second kappa shape index (κ2) is 9.88. The summed E-state index contributed by atoms with van der Waals surface area (Å²) in [5.74, 6) is -2.34. The van der Waals surface area contributed by atoms with E-state index in [-0.39, 0.29) is 28.8 Å². The van der Waals surface area contributed by atoms with Gasteiger partial charge in [-0.3, -0.25) is 9.59 Å². The molecule has 0 radical (unpaired) electrons. The molecule has 0 bridgehead atoms. The van der Waals surface area contributed by atoms with E-state index in [1.807, 2.05) is 6.92 Å². The second-order valence-corrected chi connectivity index (χ2v) is 11.5. The lowest BCUT2D eigenvalue weighted by molar-refractivity contribution is -0.123. The fourth-order valence-electron chi connectivity index (χ4n) is 4.60. The molecule has 3 heterocycles. The Morgan fingerprint density at radius 2 is 2.00 bits per heavy atom. The van der Waals surface area contributed by atoms with Crippen LogP contribution in [0.2, 0.25) is 0 Å². The van der Waals surface area contributed by atoms with Crippen molar-refractivity contribution in [1.29, 1.82) is 0 Å². The third-order valence-electron chi connectivity index (χ3n) is 6.78. The number of rotatable bonds is 7. The maximum absolute atomic E-state index is 15.2. The molecule has 1 aliphatic heterocycles. The number of aromatic carboxylic acids is 1. The highest BCUT2D eigenvalue weighted by atomic mass is 19.1. The average molecular weight is 532 g/mol. The van der Waals surface area contributed by atoms with Gasteiger partial charge in [-0.25, -0.2) is 19.0 Å². The van der Waals surface area contributed by atoms with Crippen molar-refractivity contribution in [2.45, 2.75) is 71.6 Å². The van der Waals surface area contributed by atoms with Gasteiger partial charge >= 0.3 is 12.1 Å². The zero-order chi connectivity index (χ0) is 28.0. The fourth-order valence-corrected chi connectivity index (χ4v) is 4.60. The van der Waals surface area contributed by atoms with Crippen molar-refractivity contribution in [3.8, 4) is 0 Å². The van der Waals surface area contributed by atoms with E-state index < -0.39 is 45.9 Å². The first kappa shape index (κ1) is 27.3. The topological polar surface area (TPSA) is 143 Å². The van der Waals surface area contributed by atoms with E-state index in [2.05, 4.69) is 15.6 Å². The number of nitrogens with one attached hydrogen (secondary N) is 2. The minimum absolute atomic E-state index is 0.0253. The van der Waals surface area contributed by atoms with Crippen LogP contribution in [0.15, 0.2) is 17.1 Å². The third kappa shape index (κ3) is 5.89. The summed E-state index contributed by atoms with van der Waals surface area (Å²) in [7, 11) is 0. The number of nitrogens with zero attached hydrogens (tertiary/aromatic N) is 3. The molecular weight excluding hydrogens is 497 g/mol. The number of hydrogen-bond acceptors (Lipinski definition) is 7. The maximum Gasteiger partial charge on any atom is 0.408 e. The zero-order valence-electron chi connectivity index (χ0n) is 22.3. The summed E-state index contributed by atoms with van der Waals surface area (Å²) in [4.78, 5) is 55.1. The van der Waals surface area contributed by atoms with Gasteiger partial charge in [0.1, 0.15) is 22.9 Å². The second-order valence-electron chi connectivity index (χ2n) is 11.5. The highest BCUT2D eigenvalue weighted by Crippen LogP contribution is 2.38. The predicted molar refractivity (Wildman–Crippen MR) is 138 cm³/mol. The van der Waals surface area contributed by atoms with Crippen molar-refractivity contribution in [2.24, 2.45) is 5.41 Å². The molecule has 2 aromatic rings. The van der Waals surface area contributed by atoms with Crippen LogP contribution in [0.25, 0.3) is 11.0 Å². The first-order chi connectivity index (χ1) is 17.7. The number of carboxylic acid groups (broad SMARTS) is 1. The van der Waals surface area contributed by atoms with Gasteiger partial charge in [0.2, 0.25) is 11.3 Å². The van der Waals surface area contributed by atoms with Crippen LogP contribution < -0.4 is 21.0 Å². The molecule has 2 atom stereocenters. The number of carboxylic acids is 1. The molecule has 2 aromatic heterocycles. The Balaban J connectivity index is 1.47. The molecule has 0 spiro atoms. The van der Waals surface area contributed by atoms with Gasteiger partial charge in [0.15, 0.2) is 11.6 Å². The minimum atomic E-state index is -1.36. The molecule has 1 saturated heterocycles. The number of alkyl carbamates (subject to hydrolysis) is 1. The molecule has 2 aliphatic rings. The third-order valence-corrected chi connectivity index (χ3v) is 6.78. The van der Waals surface area contributed by atoms with Crippen LogP contribution in [-0.2, 0) is 9.53 Å². The number of fused-ring (bicyclic) bond motifs is 1. The smallest absolute Gasteiger partial charge is 0.408 e. The summed E-state index contributed by atoms with van der Waals surface area (Å²) in [5.41, 5.74) is -1.97. The van der Waals surface area contributed by atoms with Crippen LogP contribution in [0.5, 0.6) is 0 Å².